The molecule has 0 unspecified atom stereocenters. The van der Waals surface area contributed by atoms with Crippen LogP contribution >= 0.6 is 11.5 Å². The van der Waals surface area contributed by atoms with Crippen LogP contribution < -0.4 is 10.6 Å². The maximum absolute atomic E-state index is 13.8. The summed E-state index contributed by atoms with van der Waals surface area (Å²) in [5, 5.41) is 11.4. The summed E-state index contributed by atoms with van der Waals surface area (Å²) >= 11 is 1.43. The van der Waals surface area contributed by atoms with Gasteiger partial charge in [-0.1, -0.05) is 24.6 Å². The molecule has 1 aliphatic rings. The van der Waals surface area contributed by atoms with Crippen molar-refractivity contribution in [1.29, 1.82) is 0 Å². The highest BCUT2D eigenvalue weighted by molar-refractivity contribution is 7.10. The number of carbonyl (C=O) groups excluding carboxylic acids is 1. The highest BCUT2D eigenvalue weighted by Crippen LogP contribution is 2.28. The number of rotatable bonds is 9. The number of nitrogens with one attached hydrogen (secondary N) is 2. The Morgan fingerprint density at radius 1 is 1.12 bits per heavy atom. The molecular formula is C28H30FN9OS. The average Bonchev–Trinajstić information content (AvgIpc) is 3.69. The van der Waals surface area contributed by atoms with Crippen molar-refractivity contribution in [2.24, 2.45) is 0 Å². The Bertz CT molecular complexity index is 1640. The summed E-state index contributed by atoms with van der Waals surface area (Å²) in [5.41, 5.74) is 4.65. The van der Waals surface area contributed by atoms with Crippen LogP contribution in [0.25, 0.3) is 16.9 Å². The lowest BCUT2D eigenvalue weighted by molar-refractivity contribution is -0.122. The normalized spacial score (nSPS) is 14.1. The van der Waals surface area contributed by atoms with E-state index in [1.165, 1.54) is 36.9 Å². The summed E-state index contributed by atoms with van der Waals surface area (Å²) in [5.74, 6) is 0.0507. The van der Waals surface area contributed by atoms with Crippen LogP contribution in [0.5, 0.6) is 0 Å². The third-order valence-corrected chi connectivity index (χ3v) is 7.66. The Hall–Kier alpha value is -4.16. The van der Waals surface area contributed by atoms with Gasteiger partial charge in [0.2, 0.25) is 5.91 Å². The minimum atomic E-state index is -0.344. The van der Waals surface area contributed by atoms with E-state index in [0.29, 0.717) is 17.0 Å². The Labute approximate surface area is 235 Å². The average molecular weight is 560 g/mol. The number of imidazole rings is 1. The lowest BCUT2D eigenvalue weighted by Crippen LogP contribution is -2.29. The molecule has 5 aromatic rings. The van der Waals surface area contributed by atoms with Crippen LogP contribution in [-0.2, 0) is 24.4 Å². The van der Waals surface area contributed by atoms with Crippen LogP contribution in [0.3, 0.4) is 0 Å². The van der Waals surface area contributed by atoms with Gasteiger partial charge in [0.05, 0.1) is 29.5 Å². The van der Waals surface area contributed by atoms with Crippen LogP contribution in [0.1, 0.15) is 36.2 Å². The fourth-order valence-corrected chi connectivity index (χ4v) is 5.59. The Morgan fingerprint density at radius 3 is 2.83 bits per heavy atom. The zero-order valence-electron chi connectivity index (χ0n) is 22.2. The maximum Gasteiger partial charge on any atom is 0.241 e. The lowest BCUT2D eigenvalue weighted by Gasteiger charge is -2.25. The van der Waals surface area contributed by atoms with Crippen LogP contribution in [0.4, 0.5) is 15.2 Å². The molecule has 12 heteroatoms. The Kier molecular flexibility index (Phi) is 7.51. The van der Waals surface area contributed by atoms with Crippen molar-refractivity contribution >= 4 is 33.9 Å². The minimum absolute atomic E-state index is 0.0176. The number of hydrogen-bond acceptors (Lipinski definition) is 8. The molecule has 0 saturated carbocycles. The van der Waals surface area contributed by atoms with Gasteiger partial charge in [-0.05, 0) is 56.5 Å². The molecule has 1 aliphatic heterocycles. The van der Waals surface area contributed by atoms with Crippen molar-refractivity contribution < 1.29 is 9.18 Å². The molecule has 1 saturated heterocycles. The van der Waals surface area contributed by atoms with Crippen molar-refractivity contribution in [3.05, 3.63) is 77.9 Å². The molecule has 206 valence electrons. The molecule has 0 radical (unpaired) electrons. The molecule has 0 bridgehead atoms. The van der Waals surface area contributed by atoms with Gasteiger partial charge in [-0.15, -0.1) is 0 Å². The van der Waals surface area contributed by atoms with E-state index >= 15 is 0 Å². The zero-order chi connectivity index (χ0) is 27.5. The molecule has 1 aromatic carbocycles. The number of piperidine rings is 1. The largest absolute Gasteiger partial charge is 0.350 e. The first-order valence-electron chi connectivity index (χ1n) is 13.3. The predicted octanol–water partition coefficient (Wildman–Crippen LogP) is 4.54. The van der Waals surface area contributed by atoms with Gasteiger partial charge >= 0.3 is 0 Å². The highest BCUT2D eigenvalue weighted by atomic mass is 32.1. The number of nitrogens with zero attached hydrogens (tertiary/aromatic N) is 7. The number of halogens is 1. The van der Waals surface area contributed by atoms with E-state index in [1.807, 2.05) is 17.5 Å². The third-order valence-electron chi connectivity index (χ3n) is 6.92. The SMILES string of the molecule is Cc1cn2c(-c3cnn(CC(=O)NCc4ccccc4F)c3)cnc2c(Nc2cc(CN3CCCCC3)ns2)n1. The van der Waals surface area contributed by atoms with Gasteiger partial charge in [-0.3, -0.25) is 18.8 Å². The zero-order valence-corrected chi connectivity index (χ0v) is 23.0. The summed E-state index contributed by atoms with van der Waals surface area (Å²) in [4.78, 5) is 24.2. The Morgan fingerprint density at radius 2 is 1.98 bits per heavy atom. The Balaban J connectivity index is 1.15. The van der Waals surface area contributed by atoms with Gasteiger partial charge in [0, 0.05) is 36.6 Å². The number of fused-ring (bicyclic) bond motifs is 1. The first kappa shape index (κ1) is 26.1. The monoisotopic (exact) mass is 559 g/mol. The maximum atomic E-state index is 13.8. The number of benzene rings is 1. The van der Waals surface area contributed by atoms with E-state index < -0.39 is 0 Å². The molecule has 1 fully saturated rings. The number of aromatic nitrogens is 6. The number of likely N-dealkylation sites (tertiary alicyclic amines) is 1. The fourth-order valence-electron chi connectivity index (χ4n) is 4.94. The van der Waals surface area contributed by atoms with Crippen molar-refractivity contribution in [1.82, 2.24) is 38.7 Å². The van der Waals surface area contributed by atoms with Gasteiger partial charge in [0.1, 0.15) is 17.4 Å². The molecule has 6 rings (SSSR count). The van der Waals surface area contributed by atoms with Gasteiger partial charge in [-0.25, -0.2) is 14.4 Å². The van der Waals surface area contributed by atoms with Crippen molar-refractivity contribution in [3.8, 4) is 11.3 Å². The molecule has 40 heavy (non-hydrogen) atoms. The van der Waals surface area contributed by atoms with Crippen molar-refractivity contribution in [2.75, 3.05) is 18.4 Å². The summed E-state index contributed by atoms with van der Waals surface area (Å²) < 4.78 is 22.0. The van der Waals surface area contributed by atoms with Crippen molar-refractivity contribution in [3.63, 3.8) is 0 Å². The number of anilines is 2. The number of aryl methyl sites for hydroxylation is 1. The summed E-state index contributed by atoms with van der Waals surface area (Å²) in [6.45, 7) is 5.20. The van der Waals surface area contributed by atoms with Gasteiger partial charge in [0.25, 0.3) is 0 Å². The molecule has 0 atom stereocenters. The molecule has 2 N–H and O–H groups in total. The van der Waals surface area contributed by atoms with E-state index in [2.05, 4.69) is 36.1 Å². The fraction of sp³-hybridized carbons (Fsp3) is 0.321. The van der Waals surface area contributed by atoms with E-state index in [1.54, 1.807) is 41.5 Å². The van der Waals surface area contributed by atoms with E-state index in [9.17, 15) is 9.18 Å². The van der Waals surface area contributed by atoms with Gasteiger partial charge in [-0.2, -0.15) is 9.47 Å². The van der Waals surface area contributed by atoms with Crippen LogP contribution in [-0.4, -0.2) is 52.4 Å². The first-order valence-corrected chi connectivity index (χ1v) is 14.1. The second-order valence-electron chi connectivity index (χ2n) is 10.0. The molecule has 4 aromatic heterocycles. The molecule has 1 amide bonds. The molecule has 5 heterocycles. The minimum Gasteiger partial charge on any atom is -0.350 e. The molecule has 10 nitrogen and oxygen atoms in total. The summed E-state index contributed by atoms with van der Waals surface area (Å²) in [6, 6.07) is 8.47. The molecule has 0 aliphatic carbocycles. The van der Waals surface area contributed by atoms with E-state index in [0.717, 1.165) is 47.3 Å². The lowest BCUT2D eigenvalue weighted by atomic mass is 10.1. The highest BCUT2D eigenvalue weighted by Gasteiger charge is 2.16. The topological polar surface area (TPSA) is 105 Å². The first-order chi connectivity index (χ1) is 19.5. The second kappa shape index (κ2) is 11.5. The van der Waals surface area contributed by atoms with Crippen LogP contribution in [0.2, 0.25) is 0 Å². The van der Waals surface area contributed by atoms with E-state index in [-0.39, 0.29) is 24.8 Å². The molecular weight excluding hydrogens is 529 g/mol. The number of carbonyl (C=O) groups is 1. The summed E-state index contributed by atoms with van der Waals surface area (Å²) in [6.07, 6.45) is 11.0. The van der Waals surface area contributed by atoms with Crippen LogP contribution in [0, 0.1) is 12.7 Å². The molecule has 0 spiro atoms. The van der Waals surface area contributed by atoms with Crippen LogP contribution in [0.15, 0.2) is 55.1 Å². The van der Waals surface area contributed by atoms with Crippen molar-refractivity contribution in [2.45, 2.75) is 45.8 Å². The summed E-state index contributed by atoms with van der Waals surface area (Å²) in [7, 11) is 0. The number of amides is 1. The van der Waals surface area contributed by atoms with Gasteiger partial charge < -0.3 is 10.6 Å². The second-order valence-corrected chi connectivity index (χ2v) is 10.8. The quantitative estimate of drug-likeness (QED) is 0.273. The third kappa shape index (κ3) is 5.87. The standard InChI is InChI=1S/C28H30FN9OS/c1-19-15-38-24(21-13-32-37(16-21)18-25(39)30-12-20-7-3-4-8-23(20)29)14-31-28(38)27(33-19)34-26-11-22(35-40-26)17-36-9-5-2-6-10-36/h3-4,7-8,11,13-16H,2,5-6,9-10,12,17-18H2,1H3,(H,30,39)(H,33,34). The number of hydrogen-bond donors (Lipinski definition) is 2. The van der Waals surface area contributed by atoms with E-state index in [4.69, 9.17) is 4.98 Å². The smallest absolute Gasteiger partial charge is 0.241 e. The predicted molar refractivity (Wildman–Crippen MR) is 152 cm³/mol. The van der Waals surface area contributed by atoms with Gasteiger partial charge in [0.15, 0.2) is 11.5 Å².